The standard InChI is InChI=1S/C16H20FNO3/c1-10-9-12(17)5-8-14(10)15(19)18-13-6-3-11(4-7-13)16(20)21-2/h5,8-9,11,13H,3-4,6-7H2,1-2H3,(H,18,19). The van der Waals surface area contributed by atoms with Crippen LogP contribution in [0.3, 0.4) is 0 Å². The van der Waals surface area contributed by atoms with Crippen LogP contribution in [0.2, 0.25) is 0 Å². The molecule has 5 heteroatoms. The Balaban J connectivity index is 1.91. The van der Waals surface area contributed by atoms with Crippen LogP contribution in [0.1, 0.15) is 41.6 Å². The van der Waals surface area contributed by atoms with Gasteiger partial charge in [0.05, 0.1) is 13.0 Å². The number of hydrogen-bond acceptors (Lipinski definition) is 3. The maximum atomic E-state index is 13.0. The van der Waals surface area contributed by atoms with Crippen LogP contribution in [0.5, 0.6) is 0 Å². The van der Waals surface area contributed by atoms with Crippen molar-refractivity contribution in [3.8, 4) is 0 Å². The van der Waals surface area contributed by atoms with Crippen LogP contribution in [0, 0.1) is 18.7 Å². The normalized spacial score (nSPS) is 21.7. The predicted molar refractivity (Wildman–Crippen MR) is 76.4 cm³/mol. The van der Waals surface area contributed by atoms with Gasteiger partial charge >= 0.3 is 5.97 Å². The molecular weight excluding hydrogens is 273 g/mol. The van der Waals surface area contributed by atoms with Gasteiger partial charge in [0, 0.05) is 11.6 Å². The number of aryl methyl sites for hydroxylation is 1. The number of carbonyl (C=O) groups excluding carboxylic acids is 2. The molecule has 4 nitrogen and oxygen atoms in total. The molecule has 0 radical (unpaired) electrons. The highest BCUT2D eigenvalue weighted by Gasteiger charge is 2.27. The van der Waals surface area contributed by atoms with E-state index < -0.39 is 0 Å². The molecule has 1 N–H and O–H groups in total. The van der Waals surface area contributed by atoms with Gasteiger partial charge in [0.2, 0.25) is 0 Å². The quantitative estimate of drug-likeness (QED) is 0.872. The zero-order valence-corrected chi connectivity index (χ0v) is 12.3. The first-order chi connectivity index (χ1) is 10.0. The predicted octanol–water partition coefficient (Wildman–Crippen LogP) is 2.60. The van der Waals surface area contributed by atoms with Crippen LogP contribution in [0.25, 0.3) is 0 Å². The van der Waals surface area contributed by atoms with Crippen LogP contribution in [-0.4, -0.2) is 25.0 Å². The molecule has 21 heavy (non-hydrogen) atoms. The zero-order valence-electron chi connectivity index (χ0n) is 12.3. The highest BCUT2D eigenvalue weighted by Crippen LogP contribution is 2.25. The summed E-state index contributed by atoms with van der Waals surface area (Å²) in [7, 11) is 1.40. The Morgan fingerprint density at radius 2 is 1.90 bits per heavy atom. The molecule has 0 aliphatic heterocycles. The number of hydrogen-bond donors (Lipinski definition) is 1. The largest absolute Gasteiger partial charge is 0.469 e. The Bertz CT molecular complexity index is 536. The first-order valence-electron chi connectivity index (χ1n) is 7.16. The number of methoxy groups -OCH3 is 1. The molecule has 0 bridgehead atoms. The molecule has 0 atom stereocenters. The maximum absolute atomic E-state index is 13.0. The van der Waals surface area contributed by atoms with E-state index in [0.29, 0.717) is 11.1 Å². The fraction of sp³-hybridized carbons (Fsp3) is 0.500. The van der Waals surface area contributed by atoms with Gasteiger partial charge in [0.15, 0.2) is 0 Å². The Labute approximate surface area is 123 Å². The van der Waals surface area contributed by atoms with Crippen molar-refractivity contribution in [2.75, 3.05) is 7.11 Å². The molecule has 0 spiro atoms. The van der Waals surface area contributed by atoms with Crippen molar-refractivity contribution in [2.45, 2.75) is 38.6 Å². The number of benzene rings is 1. The van der Waals surface area contributed by atoms with E-state index in [-0.39, 0.29) is 29.7 Å². The van der Waals surface area contributed by atoms with Gasteiger partial charge in [0.25, 0.3) is 5.91 Å². The van der Waals surface area contributed by atoms with E-state index in [0.717, 1.165) is 25.7 Å². The molecule has 0 saturated heterocycles. The molecule has 1 fully saturated rings. The van der Waals surface area contributed by atoms with Crippen LogP contribution < -0.4 is 5.32 Å². The van der Waals surface area contributed by atoms with E-state index in [1.54, 1.807) is 6.92 Å². The van der Waals surface area contributed by atoms with Gasteiger partial charge < -0.3 is 10.1 Å². The number of nitrogens with one attached hydrogen (secondary N) is 1. The van der Waals surface area contributed by atoms with Crippen molar-refractivity contribution in [2.24, 2.45) is 5.92 Å². The van der Waals surface area contributed by atoms with Crippen molar-refractivity contribution in [3.63, 3.8) is 0 Å². The number of rotatable bonds is 3. The van der Waals surface area contributed by atoms with E-state index in [1.165, 1.54) is 25.3 Å². The summed E-state index contributed by atoms with van der Waals surface area (Å²) < 4.78 is 17.8. The molecule has 1 amide bonds. The Morgan fingerprint density at radius 1 is 1.24 bits per heavy atom. The first-order valence-corrected chi connectivity index (χ1v) is 7.16. The van der Waals surface area contributed by atoms with E-state index >= 15 is 0 Å². The van der Waals surface area contributed by atoms with Crippen LogP contribution in [0.15, 0.2) is 18.2 Å². The van der Waals surface area contributed by atoms with E-state index in [1.807, 2.05) is 0 Å². The second-order valence-electron chi connectivity index (χ2n) is 5.50. The minimum Gasteiger partial charge on any atom is -0.469 e. The highest BCUT2D eigenvalue weighted by atomic mass is 19.1. The van der Waals surface area contributed by atoms with E-state index in [9.17, 15) is 14.0 Å². The van der Waals surface area contributed by atoms with Crippen LogP contribution >= 0.6 is 0 Å². The minimum absolute atomic E-state index is 0.0582. The van der Waals surface area contributed by atoms with Crippen molar-refractivity contribution in [1.29, 1.82) is 0 Å². The van der Waals surface area contributed by atoms with Crippen LogP contribution in [-0.2, 0) is 9.53 Å². The summed E-state index contributed by atoms with van der Waals surface area (Å²) in [6.45, 7) is 1.71. The molecule has 1 aromatic rings. The van der Waals surface area contributed by atoms with Crippen LogP contribution in [0.4, 0.5) is 4.39 Å². The third-order valence-corrected chi connectivity index (χ3v) is 4.03. The monoisotopic (exact) mass is 293 g/mol. The number of esters is 1. The lowest BCUT2D eigenvalue weighted by Gasteiger charge is -2.27. The molecule has 1 aromatic carbocycles. The average molecular weight is 293 g/mol. The number of ether oxygens (including phenoxy) is 1. The van der Waals surface area contributed by atoms with Gasteiger partial charge in [-0.1, -0.05) is 0 Å². The Morgan fingerprint density at radius 3 is 2.48 bits per heavy atom. The van der Waals surface area contributed by atoms with Gasteiger partial charge in [-0.3, -0.25) is 9.59 Å². The molecule has 0 aromatic heterocycles. The third kappa shape index (κ3) is 3.80. The average Bonchev–Trinajstić information content (AvgIpc) is 2.47. The molecule has 1 saturated carbocycles. The van der Waals surface area contributed by atoms with Gasteiger partial charge in [0.1, 0.15) is 5.82 Å². The molecule has 114 valence electrons. The lowest BCUT2D eigenvalue weighted by molar-refractivity contribution is -0.146. The fourth-order valence-corrected chi connectivity index (χ4v) is 2.79. The molecule has 2 rings (SSSR count). The van der Waals surface area contributed by atoms with E-state index in [4.69, 9.17) is 4.74 Å². The smallest absolute Gasteiger partial charge is 0.308 e. The second-order valence-corrected chi connectivity index (χ2v) is 5.50. The zero-order chi connectivity index (χ0) is 15.4. The number of amides is 1. The van der Waals surface area contributed by atoms with Gasteiger partial charge in [-0.2, -0.15) is 0 Å². The van der Waals surface area contributed by atoms with Crippen molar-refractivity contribution < 1.29 is 18.7 Å². The van der Waals surface area contributed by atoms with Gasteiger partial charge in [-0.25, -0.2) is 4.39 Å². The molecule has 0 heterocycles. The van der Waals surface area contributed by atoms with Crippen molar-refractivity contribution in [1.82, 2.24) is 5.32 Å². The number of halogens is 1. The summed E-state index contributed by atoms with van der Waals surface area (Å²) in [5.74, 6) is -0.762. The number of carbonyl (C=O) groups is 2. The summed E-state index contributed by atoms with van der Waals surface area (Å²) in [6.07, 6.45) is 2.96. The summed E-state index contributed by atoms with van der Waals surface area (Å²) in [5, 5.41) is 2.96. The lowest BCUT2D eigenvalue weighted by Crippen LogP contribution is -2.39. The molecule has 1 aliphatic rings. The highest BCUT2D eigenvalue weighted by molar-refractivity contribution is 5.95. The molecule has 1 aliphatic carbocycles. The third-order valence-electron chi connectivity index (χ3n) is 4.03. The van der Waals surface area contributed by atoms with Crippen molar-refractivity contribution >= 4 is 11.9 Å². The SMILES string of the molecule is COC(=O)C1CCC(NC(=O)c2ccc(F)cc2C)CC1. The summed E-state index contributed by atoms with van der Waals surface area (Å²) in [4.78, 5) is 23.6. The van der Waals surface area contributed by atoms with E-state index in [2.05, 4.69) is 5.32 Å². The fourth-order valence-electron chi connectivity index (χ4n) is 2.79. The Hall–Kier alpha value is -1.91. The van der Waals surface area contributed by atoms with Crippen molar-refractivity contribution in [3.05, 3.63) is 35.1 Å². The molecular formula is C16H20FNO3. The lowest BCUT2D eigenvalue weighted by atomic mass is 9.86. The maximum Gasteiger partial charge on any atom is 0.308 e. The molecule has 0 unspecified atom stereocenters. The summed E-state index contributed by atoms with van der Waals surface area (Å²) in [6, 6.07) is 4.20. The van der Waals surface area contributed by atoms with Gasteiger partial charge in [-0.05, 0) is 56.4 Å². The second kappa shape index (κ2) is 6.70. The first kappa shape index (κ1) is 15.5. The summed E-state index contributed by atoms with van der Waals surface area (Å²) in [5.41, 5.74) is 1.11. The summed E-state index contributed by atoms with van der Waals surface area (Å²) >= 11 is 0. The minimum atomic E-state index is -0.345. The Kier molecular flexibility index (Phi) is 4.94. The topological polar surface area (TPSA) is 55.4 Å². The van der Waals surface area contributed by atoms with Gasteiger partial charge in [-0.15, -0.1) is 0 Å².